The minimum absolute atomic E-state index is 0.0914. The second kappa shape index (κ2) is 7.27. The lowest BCUT2D eigenvalue weighted by Crippen LogP contribution is -2.56. The smallest absolute Gasteiger partial charge is 0.249 e. The van der Waals surface area contributed by atoms with Crippen molar-refractivity contribution in [3.05, 3.63) is 63.6 Å². The molecule has 1 fully saturated rings. The van der Waals surface area contributed by atoms with Crippen molar-refractivity contribution in [2.45, 2.75) is 24.8 Å². The fourth-order valence-electron chi connectivity index (χ4n) is 4.29. The van der Waals surface area contributed by atoms with Crippen molar-refractivity contribution in [3.8, 4) is 0 Å². The average Bonchev–Trinajstić information content (AvgIpc) is 2.93. The van der Waals surface area contributed by atoms with E-state index >= 15 is 0 Å². The highest BCUT2D eigenvalue weighted by atomic mass is 35.5. The van der Waals surface area contributed by atoms with Crippen LogP contribution in [-0.4, -0.2) is 30.2 Å². The van der Waals surface area contributed by atoms with Gasteiger partial charge in [0.1, 0.15) is 5.54 Å². The largest absolute Gasteiger partial charge is 0.324 e. The molecule has 6 heteroatoms. The molecule has 1 amide bonds. The Morgan fingerprint density at radius 3 is 2.78 bits per heavy atom. The number of nitrogens with zero attached hydrogens (tertiary/aromatic N) is 1. The third-order valence-electron chi connectivity index (χ3n) is 5.53. The van der Waals surface area contributed by atoms with Gasteiger partial charge in [0.15, 0.2) is 0 Å². The summed E-state index contributed by atoms with van der Waals surface area (Å²) in [6, 6.07) is 13.1. The van der Waals surface area contributed by atoms with Crippen LogP contribution in [0.5, 0.6) is 0 Å². The first-order valence-electron chi connectivity index (χ1n) is 9.01. The molecule has 139 valence electrons. The summed E-state index contributed by atoms with van der Waals surface area (Å²) < 4.78 is 0. The quantitative estimate of drug-likeness (QED) is 0.834. The molecular weight excluding hydrogens is 383 g/mol. The van der Waals surface area contributed by atoms with Gasteiger partial charge in [0.05, 0.1) is 0 Å². The van der Waals surface area contributed by atoms with Gasteiger partial charge in [-0.25, -0.2) is 0 Å². The fraction of sp³-hybridized carbons (Fsp3) is 0.333. The van der Waals surface area contributed by atoms with E-state index in [0.717, 1.165) is 36.2 Å². The van der Waals surface area contributed by atoms with Crippen molar-refractivity contribution >= 4 is 41.1 Å². The van der Waals surface area contributed by atoms with Crippen LogP contribution >= 0.6 is 23.2 Å². The number of halogens is 2. The molecule has 2 heterocycles. The van der Waals surface area contributed by atoms with E-state index in [4.69, 9.17) is 23.2 Å². The molecule has 0 aromatic heterocycles. The van der Waals surface area contributed by atoms with Crippen LogP contribution in [0.3, 0.4) is 0 Å². The Labute approximate surface area is 168 Å². The summed E-state index contributed by atoms with van der Waals surface area (Å²) in [7, 11) is 0. The van der Waals surface area contributed by atoms with Gasteiger partial charge in [-0.2, -0.15) is 0 Å². The zero-order valence-corrected chi connectivity index (χ0v) is 16.2. The molecule has 2 aromatic rings. The lowest BCUT2D eigenvalue weighted by Gasteiger charge is -2.43. The molecule has 2 atom stereocenters. The Hall–Kier alpha value is -1.88. The topological polar surface area (TPSA) is 49.4 Å². The van der Waals surface area contributed by atoms with Crippen LogP contribution in [0.15, 0.2) is 42.5 Å². The van der Waals surface area contributed by atoms with Crippen molar-refractivity contribution in [2.75, 3.05) is 18.4 Å². The summed E-state index contributed by atoms with van der Waals surface area (Å²) in [5, 5.41) is 4.21. The summed E-state index contributed by atoms with van der Waals surface area (Å²) in [5.41, 5.74) is 1.70. The Bertz CT molecular complexity index is 902. The zero-order chi connectivity index (χ0) is 19.0. The van der Waals surface area contributed by atoms with Crippen molar-refractivity contribution < 1.29 is 9.59 Å². The normalized spacial score (nSPS) is 25.1. The zero-order valence-electron chi connectivity index (χ0n) is 14.7. The molecule has 2 aliphatic rings. The van der Waals surface area contributed by atoms with Crippen LogP contribution in [0.1, 0.15) is 24.0 Å². The minimum Gasteiger partial charge on any atom is -0.324 e. The number of carbonyl (C=O) groups is 1. The molecule has 1 saturated heterocycles. The number of amides is 1. The van der Waals surface area contributed by atoms with E-state index in [2.05, 4.69) is 16.5 Å². The maximum Gasteiger partial charge on any atom is 0.249 e. The van der Waals surface area contributed by atoms with Gasteiger partial charge in [0, 0.05) is 40.2 Å². The first kappa shape index (κ1) is 18.5. The number of hydrogen-bond acceptors (Lipinski definition) is 3. The molecule has 1 radical (unpaired) electrons. The van der Waals surface area contributed by atoms with Gasteiger partial charge in [0.25, 0.3) is 0 Å². The molecule has 2 aromatic carbocycles. The number of anilines is 1. The van der Waals surface area contributed by atoms with Gasteiger partial charge in [-0.3, -0.25) is 14.5 Å². The van der Waals surface area contributed by atoms with Crippen LogP contribution < -0.4 is 5.32 Å². The highest BCUT2D eigenvalue weighted by Gasteiger charge is 2.52. The molecule has 0 spiro atoms. The van der Waals surface area contributed by atoms with Crippen molar-refractivity contribution in [1.29, 1.82) is 0 Å². The first-order chi connectivity index (χ1) is 13.0. The third kappa shape index (κ3) is 3.27. The van der Waals surface area contributed by atoms with Crippen LogP contribution in [0.4, 0.5) is 5.69 Å². The number of carbonyl (C=O) groups excluding carboxylic acids is 2. The first-order valence-corrected chi connectivity index (χ1v) is 9.77. The van der Waals surface area contributed by atoms with Crippen LogP contribution in [0.25, 0.3) is 0 Å². The predicted octanol–water partition coefficient (Wildman–Crippen LogP) is 4.21. The molecule has 4 nitrogen and oxygen atoms in total. The molecule has 0 aliphatic carbocycles. The number of piperidine rings is 1. The van der Waals surface area contributed by atoms with Gasteiger partial charge in [-0.1, -0.05) is 41.4 Å². The number of likely N-dealkylation sites (tertiary alicyclic amines) is 1. The number of nitrogens with one attached hydrogen (secondary N) is 1. The Morgan fingerprint density at radius 2 is 2.00 bits per heavy atom. The number of hydrogen-bond donors (Lipinski definition) is 1. The Balaban J connectivity index is 1.83. The van der Waals surface area contributed by atoms with E-state index in [9.17, 15) is 9.59 Å². The van der Waals surface area contributed by atoms with Gasteiger partial charge >= 0.3 is 0 Å². The monoisotopic (exact) mass is 401 g/mol. The summed E-state index contributed by atoms with van der Waals surface area (Å²) in [5.74, 6) is -0.273. The summed E-state index contributed by atoms with van der Waals surface area (Å²) in [6.45, 7) is 1.26. The lowest BCUT2D eigenvalue weighted by molar-refractivity contribution is -0.129. The molecule has 0 saturated carbocycles. The summed E-state index contributed by atoms with van der Waals surface area (Å²) in [6.07, 6.45) is 4.26. The highest BCUT2D eigenvalue weighted by Crippen LogP contribution is 2.45. The second-order valence-corrected chi connectivity index (χ2v) is 8.09. The van der Waals surface area contributed by atoms with Crippen LogP contribution in [-0.2, 0) is 21.5 Å². The Morgan fingerprint density at radius 1 is 1.19 bits per heavy atom. The standard InChI is InChI=1S/C21H19Cl2N2O2/c22-16-5-1-3-14(9-16)11-21(25-8-2-4-15(12-25)13-26)18-7-6-17(23)10-19(18)24-20(21)27/h1,3,5-7,9-10,15H,2,4,8,11-12H2,(H,24,27). The molecule has 0 bridgehead atoms. The molecule has 4 rings (SSSR count). The third-order valence-corrected chi connectivity index (χ3v) is 6.00. The maximum absolute atomic E-state index is 13.3. The molecule has 1 N–H and O–H groups in total. The summed E-state index contributed by atoms with van der Waals surface area (Å²) in [4.78, 5) is 26.8. The van der Waals surface area contributed by atoms with E-state index < -0.39 is 5.54 Å². The lowest BCUT2D eigenvalue weighted by atomic mass is 9.81. The SMILES string of the molecule is O=[C]C1CCCN(C2(Cc3cccc(Cl)c3)C(=O)Nc3cc(Cl)ccc32)C1. The maximum atomic E-state index is 13.3. The van der Waals surface area contributed by atoms with Crippen LogP contribution in [0, 0.1) is 5.92 Å². The Kier molecular flexibility index (Phi) is 4.97. The minimum atomic E-state index is -0.889. The molecule has 2 aliphatic heterocycles. The summed E-state index contributed by atoms with van der Waals surface area (Å²) >= 11 is 12.3. The van der Waals surface area contributed by atoms with Crippen molar-refractivity contribution in [3.63, 3.8) is 0 Å². The number of benzene rings is 2. The van der Waals surface area contributed by atoms with E-state index in [0.29, 0.717) is 23.0 Å². The second-order valence-electron chi connectivity index (χ2n) is 7.21. The average molecular weight is 402 g/mol. The van der Waals surface area contributed by atoms with E-state index in [1.54, 1.807) is 12.1 Å². The van der Waals surface area contributed by atoms with Gasteiger partial charge in [0.2, 0.25) is 12.2 Å². The van der Waals surface area contributed by atoms with Gasteiger partial charge < -0.3 is 5.32 Å². The van der Waals surface area contributed by atoms with Gasteiger partial charge in [-0.15, -0.1) is 0 Å². The number of rotatable bonds is 4. The van der Waals surface area contributed by atoms with Crippen LogP contribution in [0.2, 0.25) is 10.0 Å². The van der Waals surface area contributed by atoms with E-state index in [-0.39, 0.29) is 11.8 Å². The van der Waals surface area contributed by atoms with E-state index in [1.165, 1.54) is 0 Å². The van der Waals surface area contributed by atoms with Crippen molar-refractivity contribution in [1.82, 2.24) is 4.90 Å². The number of fused-ring (bicyclic) bond motifs is 1. The predicted molar refractivity (Wildman–Crippen MR) is 107 cm³/mol. The fourth-order valence-corrected chi connectivity index (χ4v) is 4.68. The highest BCUT2D eigenvalue weighted by molar-refractivity contribution is 6.31. The molecule has 27 heavy (non-hydrogen) atoms. The molecular formula is C21H19Cl2N2O2. The van der Waals surface area contributed by atoms with E-state index in [1.807, 2.05) is 30.3 Å². The van der Waals surface area contributed by atoms with Gasteiger partial charge in [-0.05, 0) is 49.2 Å². The van der Waals surface area contributed by atoms with Crippen molar-refractivity contribution in [2.24, 2.45) is 5.92 Å². The molecule has 2 unspecified atom stereocenters.